The Hall–Kier alpha value is -2.99. The number of nitrogens with one attached hydrogen (secondary N) is 1. The maximum absolute atomic E-state index is 13.8. The summed E-state index contributed by atoms with van der Waals surface area (Å²) in [6.07, 6.45) is 4.78. The summed E-state index contributed by atoms with van der Waals surface area (Å²) in [5, 5.41) is 12.3. The number of thiophene rings is 1. The average Bonchev–Trinajstić information content (AvgIpc) is 3.42. The van der Waals surface area contributed by atoms with Gasteiger partial charge in [-0.05, 0) is 67.3 Å². The fourth-order valence-corrected chi connectivity index (χ4v) is 5.44. The molecule has 0 atom stereocenters. The number of halogens is 1. The number of fused-ring (bicyclic) bond motifs is 1. The van der Waals surface area contributed by atoms with E-state index in [0.717, 1.165) is 34.4 Å². The first kappa shape index (κ1) is 25.1. The molecule has 0 saturated carbocycles. The first-order valence-electron chi connectivity index (χ1n) is 11.8. The Balaban J connectivity index is 1.43. The maximum Gasteiger partial charge on any atom is 0.249 e. The molecule has 3 aromatic rings. The molecule has 0 aliphatic carbocycles. The van der Waals surface area contributed by atoms with Crippen LogP contribution in [0, 0.1) is 17.3 Å². The molecule has 0 unspecified atom stereocenters. The van der Waals surface area contributed by atoms with E-state index in [0.29, 0.717) is 50.0 Å². The van der Waals surface area contributed by atoms with Gasteiger partial charge in [0.25, 0.3) is 0 Å². The normalized spacial score (nSPS) is 15.4. The Morgan fingerprint density at radius 2 is 2.17 bits per heavy atom. The zero-order valence-electron chi connectivity index (χ0n) is 19.8. The van der Waals surface area contributed by atoms with Gasteiger partial charge in [0.1, 0.15) is 12.4 Å². The number of benzene rings is 1. The Morgan fingerprint density at radius 1 is 1.34 bits per heavy atom. The molecule has 1 amide bonds. The molecule has 1 fully saturated rings. The zero-order valence-corrected chi connectivity index (χ0v) is 20.7. The Kier molecular flexibility index (Phi) is 8.34. The average molecular weight is 496 g/mol. The molecule has 0 radical (unpaired) electrons. The van der Waals surface area contributed by atoms with E-state index in [4.69, 9.17) is 4.74 Å². The first-order chi connectivity index (χ1) is 17.1. The number of nitrogens with zero attached hydrogens (tertiary/aromatic N) is 2. The number of aromatic nitrogens is 1. The molecule has 6 nitrogen and oxygen atoms in total. The topological polar surface area (TPSA) is 74.7 Å². The van der Waals surface area contributed by atoms with Crippen molar-refractivity contribution in [2.45, 2.75) is 38.8 Å². The van der Waals surface area contributed by atoms with Gasteiger partial charge < -0.3 is 4.74 Å². The van der Waals surface area contributed by atoms with Crippen molar-refractivity contribution in [3.05, 3.63) is 57.9 Å². The van der Waals surface area contributed by atoms with Gasteiger partial charge in [-0.3, -0.25) is 19.9 Å². The highest BCUT2D eigenvalue weighted by Crippen LogP contribution is 2.37. The minimum Gasteiger partial charge on any atom is -0.497 e. The smallest absolute Gasteiger partial charge is 0.249 e. The maximum atomic E-state index is 13.8. The van der Waals surface area contributed by atoms with E-state index in [2.05, 4.69) is 21.7 Å². The fourth-order valence-electron chi connectivity index (χ4n) is 4.85. The van der Waals surface area contributed by atoms with E-state index in [-0.39, 0.29) is 5.91 Å². The quantitative estimate of drug-likeness (QED) is 0.268. The number of ether oxygens (including phenoxy) is 1. The third-order valence-electron chi connectivity index (χ3n) is 6.93. The summed E-state index contributed by atoms with van der Waals surface area (Å²) in [6, 6.07) is 9.59. The van der Waals surface area contributed by atoms with Crippen LogP contribution in [0.3, 0.4) is 0 Å². The molecule has 0 spiro atoms. The largest absolute Gasteiger partial charge is 0.497 e. The highest BCUT2D eigenvalue weighted by molar-refractivity contribution is 7.10. The number of carbonyl (C=O) groups is 1. The van der Waals surface area contributed by atoms with E-state index < -0.39 is 12.1 Å². The third kappa shape index (κ3) is 5.81. The molecule has 35 heavy (non-hydrogen) atoms. The number of carbonyl (C=O) groups excluding carboxylic acids is 1. The fraction of sp³-hybridized carbons (Fsp3) is 0.407. The van der Waals surface area contributed by atoms with E-state index in [1.165, 1.54) is 0 Å². The van der Waals surface area contributed by atoms with Crippen LogP contribution in [0.25, 0.3) is 10.9 Å². The number of amides is 1. The number of alkyl halides is 1. The van der Waals surface area contributed by atoms with Crippen molar-refractivity contribution >= 4 is 28.1 Å². The van der Waals surface area contributed by atoms with Crippen LogP contribution in [-0.4, -0.2) is 47.7 Å². The number of rotatable bonds is 8. The first-order valence-corrected chi connectivity index (χ1v) is 12.7. The van der Waals surface area contributed by atoms with Crippen molar-refractivity contribution in [1.82, 2.24) is 15.4 Å². The number of methoxy groups -OCH3 is 1. The summed E-state index contributed by atoms with van der Waals surface area (Å²) in [4.78, 5) is 20.4. The number of likely N-dealkylation sites (tertiary alicyclic amines) is 1. The van der Waals surface area contributed by atoms with Gasteiger partial charge in [0.05, 0.1) is 29.5 Å². The summed E-state index contributed by atoms with van der Waals surface area (Å²) >= 11 is 1.62. The van der Waals surface area contributed by atoms with Gasteiger partial charge in [0, 0.05) is 30.2 Å². The van der Waals surface area contributed by atoms with Crippen LogP contribution in [0.2, 0.25) is 0 Å². The van der Waals surface area contributed by atoms with E-state index in [1.54, 1.807) is 24.6 Å². The molecular weight excluding hydrogens is 465 g/mol. The predicted molar refractivity (Wildman–Crippen MR) is 135 cm³/mol. The monoisotopic (exact) mass is 495 g/mol. The second kappa shape index (κ2) is 11.6. The summed E-state index contributed by atoms with van der Waals surface area (Å²) in [5.41, 5.74) is 3.50. The Morgan fingerprint density at radius 3 is 2.86 bits per heavy atom. The minimum absolute atomic E-state index is 0.339. The number of aryl methyl sites for hydroxylation is 1. The van der Waals surface area contributed by atoms with Crippen molar-refractivity contribution in [3.8, 4) is 17.6 Å². The number of piperidine rings is 1. The highest BCUT2D eigenvalue weighted by Gasteiger charge is 2.40. The molecule has 1 saturated heterocycles. The van der Waals surface area contributed by atoms with Gasteiger partial charge in [0.15, 0.2) is 0 Å². The summed E-state index contributed by atoms with van der Waals surface area (Å²) < 4.78 is 19.1. The van der Waals surface area contributed by atoms with Gasteiger partial charge in [-0.1, -0.05) is 17.9 Å². The number of pyridine rings is 1. The van der Waals surface area contributed by atoms with Gasteiger partial charge in [-0.25, -0.2) is 9.87 Å². The molecule has 3 heterocycles. The molecule has 4 rings (SSSR count). The van der Waals surface area contributed by atoms with Crippen molar-refractivity contribution in [3.63, 3.8) is 0 Å². The third-order valence-corrected chi connectivity index (χ3v) is 7.72. The van der Waals surface area contributed by atoms with Crippen LogP contribution in [0.4, 0.5) is 4.39 Å². The molecule has 1 aliphatic heterocycles. The zero-order chi connectivity index (χ0) is 24.7. The summed E-state index contributed by atoms with van der Waals surface area (Å²) in [6.45, 7) is 1.52. The van der Waals surface area contributed by atoms with Crippen LogP contribution >= 0.6 is 11.3 Å². The molecule has 1 aliphatic rings. The lowest BCUT2D eigenvalue weighted by molar-refractivity contribution is -0.143. The SMILES string of the molecule is COc1ccc2ncc(CF)c(CCCC3(C(=O)NO)CCN(CC#Cc4cccs4)CC3)c2c1. The molecule has 184 valence electrons. The standard InChI is InChI=1S/C27H30FN3O3S/c1-34-21-8-9-25-24(17-21)23(20(18-28)19-29-25)7-2-10-27(26(32)30-33)11-14-31(15-12-27)13-3-5-22-6-4-16-35-22/h4,6,8-9,16-17,19,33H,2,7,10-15,18H2,1H3,(H,30,32). The second-order valence-electron chi connectivity index (χ2n) is 8.91. The van der Waals surface area contributed by atoms with Crippen molar-refractivity contribution in [1.29, 1.82) is 0 Å². The molecule has 2 aromatic heterocycles. The van der Waals surface area contributed by atoms with Crippen molar-refractivity contribution < 1.29 is 19.1 Å². The minimum atomic E-state index is -0.650. The van der Waals surface area contributed by atoms with Crippen molar-refractivity contribution in [2.24, 2.45) is 5.41 Å². The van der Waals surface area contributed by atoms with E-state index in [9.17, 15) is 14.4 Å². The van der Waals surface area contributed by atoms with E-state index >= 15 is 0 Å². The second-order valence-corrected chi connectivity index (χ2v) is 9.86. The molecule has 8 heteroatoms. The lowest BCUT2D eigenvalue weighted by Gasteiger charge is -2.39. The van der Waals surface area contributed by atoms with E-state index in [1.807, 2.05) is 41.2 Å². The molecule has 2 N–H and O–H groups in total. The van der Waals surface area contributed by atoms with Crippen LogP contribution in [0.1, 0.15) is 41.7 Å². The number of hydrogen-bond donors (Lipinski definition) is 2. The van der Waals surface area contributed by atoms with Gasteiger partial charge in [0.2, 0.25) is 5.91 Å². The highest BCUT2D eigenvalue weighted by atomic mass is 32.1. The van der Waals surface area contributed by atoms with Crippen LogP contribution in [0.15, 0.2) is 41.9 Å². The lowest BCUT2D eigenvalue weighted by Crippen LogP contribution is -2.48. The number of hydrogen-bond acceptors (Lipinski definition) is 6. The molecular formula is C27H30FN3O3S. The predicted octanol–water partition coefficient (Wildman–Crippen LogP) is 4.74. The van der Waals surface area contributed by atoms with Crippen LogP contribution in [0.5, 0.6) is 5.75 Å². The van der Waals surface area contributed by atoms with Gasteiger partial charge >= 0.3 is 0 Å². The Bertz CT molecular complexity index is 1210. The molecule has 1 aromatic carbocycles. The lowest BCUT2D eigenvalue weighted by atomic mass is 9.73. The van der Waals surface area contributed by atoms with Crippen LogP contribution < -0.4 is 10.2 Å². The van der Waals surface area contributed by atoms with Gasteiger partial charge in [-0.15, -0.1) is 11.3 Å². The summed E-state index contributed by atoms with van der Waals surface area (Å²) in [7, 11) is 1.60. The van der Waals surface area contributed by atoms with Gasteiger partial charge in [-0.2, -0.15) is 0 Å². The summed E-state index contributed by atoms with van der Waals surface area (Å²) in [5.74, 6) is 6.75. The number of hydroxylamine groups is 1. The van der Waals surface area contributed by atoms with Crippen LogP contribution in [-0.2, 0) is 17.9 Å². The Labute approximate surface area is 209 Å². The van der Waals surface area contributed by atoms with Crippen molar-refractivity contribution in [2.75, 3.05) is 26.7 Å². The molecule has 0 bridgehead atoms.